The highest BCUT2D eigenvalue weighted by Gasteiger charge is 2.22. The number of carbonyl (C=O) groups excluding carboxylic acids is 1. The SMILES string of the molecule is COc1ccccc1CC(=O)N1CCN(Cc2cn3ccccc3n2)CC1. The lowest BCUT2D eigenvalue weighted by atomic mass is 10.1. The Morgan fingerprint density at radius 3 is 2.63 bits per heavy atom. The first-order valence-electron chi connectivity index (χ1n) is 9.27. The topological polar surface area (TPSA) is 50.1 Å². The second-order valence-electron chi connectivity index (χ2n) is 6.84. The standard InChI is InChI=1S/C21H24N4O2/c1-27-19-7-3-2-6-17(19)14-21(26)24-12-10-23(11-13-24)15-18-16-25-9-5-4-8-20(25)22-18/h2-9,16H,10-15H2,1H3. The van der Waals surface area contributed by atoms with Crippen LogP contribution in [0.4, 0.5) is 0 Å². The average molecular weight is 364 g/mol. The number of benzene rings is 1. The summed E-state index contributed by atoms with van der Waals surface area (Å²) in [6, 6.07) is 13.7. The van der Waals surface area contributed by atoms with Gasteiger partial charge in [-0.3, -0.25) is 9.69 Å². The number of rotatable bonds is 5. The van der Waals surface area contributed by atoms with E-state index in [0.717, 1.165) is 55.4 Å². The lowest BCUT2D eigenvalue weighted by Crippen LogP contribution is -2.48. The Bertz CT molecular complexity index is 896. The molecule has 0 aliphatic carbocycles. The van der Waals surface area contributed by atoms with Crippen molar-refractivity contribution >= 4 is 11.6 Å². The molecule has 1 fully saturated rings. The fourth-order valence-corrected chi connectivity index (χ4v) is 3.57. The van der Waals surface area contributed by atoms with Gasteiger partial charge in [0, 0.05) is 50.7 Å². The van der Waals surface area contributed by atoms with Crippen molar-refractivity contribution in [1.82, 2.24) is 19.2 Å². The number of methoxy groups -OCH3 is 1. The number of pyridine rings is 1. The number of piperazine rings is 1. The fraction of sp³-hybridized carbons (Fsp3) is 0.333. The number of amides is 1. The van der Waals surface area contributed by atoms with E-state index >= 15 is 0 Å². The molecule has 0 spiro atoms. The molecule has 1 aliphatic heterocycles. The van der Waals surface area contributed by atoms with E-state index in [1.54, 1.807) is 7.11 Å². The first kappa shape index (κ1) is 17.5. The number of nitrogens with zero attached hydrogens (tertiary/aromatic N) is 4. The van der Waals surface area contributed by atoms with Crippen molar-refractivity contribution in [1.29, 1.82) is 0 Å². The molecule has 0 saturated carbocycles. The predicted octanol–water partition coefficient (Wildman–Crippen LogP) is 2.23. The smallest absolute Gasteiger partial charge is 0.227 e. The number of carbonyl (C=O) groups is 1. The van der Waals surface area contributed by atoms with Crippen LogP contribution in [0.3, 0.4) is 0 Å². The van der Waals surface area contributed by atoms with Gasteiger partial charge in [-0.15, -0.1) is 0 Å². The maximum atomic E-state index is 12.7. The van der Waals surface area contributed by atoms with Gasteiger partial charge in [0.15, 0.2) is 0 Å². The van der Waals surface area contributed by atoms with Crippen LogP contribution in [0.2, 0.25) is 0 Å². The molecule has 140 valence electrons. The first-order valence-corrected chi connectivity index (χ1v) is 9.27. The van der Waals surface area contributed by atoms with Gasteiger partial charge in [-0.25, -0.2) is 4.98 Å². The minimum atomic E-state index is 0.159. The quantitative estimate of drug-likeness (QED) is 0.697. The molecule has 1 aromatic carbocycles. The Morgan fingerprint density at radius 1 is 1.07 bits per heavy atom. The van der Waals surface area contributed by atoms with E-state index in [9.17, 15) is 4.79 Å². The molecule has 3 aromatic rings. The zero-order valence-electron chi connectivity index (χ0n) is 15.5. The van der Waals surface area contributed by atoms with Crippen molar-refractivity contribution < 1.29 is 9.53 Å². The minimum absolute atomic E-state index is 0.159. The molecule has 6 nitrogen and oxygen atoms in total. The van der Waals surface area contributed by atoms with Crippen molar-refractivity contribution in [3.63, 3.8) is 0 Å². The van der Waals surface area contributed by atoms with Gasteiger partial charge in [0.1, 0.15) is 11.4 Å². The van der Waals surface area contributed by atoms with Crippen LogP contribution < -0.4 is 4.74 Å². The van der Waals surface area contributed by atoms with E-state index in [-0.39, 0.29) is 5.91 Å². The molecule has 1 saturated heterocycles. The normalized spacial score (nSPS) is 15.2. The van der Waals surface area contributed by atoms with Gasteiger partial charge >= 0.3 is 0 Å². The Kier molecular flexibility index (Phi) is 5.07. The molecule has 1 amide bonds. The molecule has 0 N–H and O–H groups in total. The third-order valence-corrected chi connectivity index (χ3v) is 5.06. The Labute approximate surface area is 159 Å². The summed E-state index contributed by atoms with van der Waals surface area (Å²) in [5, 5.41) is 0. The number of hydrogen-bond donors (Lipinski definition) is 0. The summed E-state index contributed by atoms with van der Waals surface area (Å²) in [7, 11) is 1.64. The van der Waals surface area contributed by atoms with E-state index in [4.69, 9.17) is 4.74 Å². The van der Waals surface area contributed by atoms with E-state index in [0.29, 0.717) is 6.42 Å². The molecule has 2 aromatic heterocycles. The summed E-state index contributed by atoms with van der Waals surface area (Å²) in [4.78, 5) is 21.6. The fourth-order valence-electron chi connectivity index (χ4n) is 3.57. The van der Waals surface area contributed by atoms with Crippen LogP contribution in [-0.4, -0.2) is 58.4 Å². The summed E-state index contributed by atoms with van der Waals surface area (Å²) < 4.78 is 7.40. The van der Waals surface area contributed by atoms with Gasteiger partial charge in [-0.05, 0) is 18.2 Å². The zero-order chi connectivity index (χ0) is 18.6. The van der Waals surface area contributed by atoms with Crippen LogP contribution >= 0.6 is 0 Å². The minimum Gasteiger partial charge on any atom is -0.496 e. The van der Waals surface area contributed by atoms with E-state index in [1.165, 1.54) is 0 Å². The summed E-state index contributed by atoms with van der Waals surface area (Å²) in [6.07, 6.45) is 4.48. The molecule has 0 atom stereocenters. The van der Waals surface area contributed by atoms with E-state index in [2.05, 4.69) is 16.1 Å². The van der Waals surface area contributed by atoms with Gasteiger partial charge in [-0.1, -0.05) is 24.3 Å². The van der Waals surface area contributed by atoms with Crippen molar-refractivity contribution in [3.8, 4) is 5.75 Å². The molecule has 1 aliphatic rings. The van der Waals surface area contributed by atoms with Gasteiger partial charge in [0.05, 0.1) is 19.2 Å². The molecular formula is C21H24N4O2. The third-order valence-electron chi connectivity index (χ3n) is 5.06. The van der Waals surface area contributed by atoms with Crippen LogP contribution in [0, 0.1) is 0 Å². The van der Waals surface area contributed by atoms with E-state index < -0.39 is 0 Å². The zero-order valence-corrected chi connectivity index (χ0v) is 15.5. The van der Waals surface area contributed by atoms with Gasteiger partial charge in [0.25, 0.3) is 0 Å². The molecule has 3 heterocycles. The summed E-state index contributed by atoms with van der Waals surface area (Å²) in [5.41, 5.74) is 2.98. The first-order chi connectivity index (χ1) is 13.2. The molecule has 27 heavy (non-hydrogen) atoms. The summed E-state index contributed by atoms with van der Waals surface area (Å²) >= 11 is 0. The van der Waals surface area contributed by atoms with E-state index in [1.807, 2.05) is 58.0 Å². The van der Waals surface area contributed by atoms with Crippen LogP contribution in [-0.2, 0) is 17.8 Å². The van der Waals surface area contributed by atoms with Gasteiger partial charge in [0.2, 0.25) is 5.91 Å². The Balaban J connectivity index is 1.32. The lowest BCUT2D eigenvalue weighted by molar-refractivity contribution is -0.132. The highest BCUT2D eigenvalue weighted by Crippen LogP contribution is 2.19. The predicted molar refractivity (Wildman–Crippen MR) is 104 cm³/mol. The molecule has 0 unspecified atom stereocenters. The van der Waals surface area contributed by atoms with Crippen molar-refractivity contribution in [2.45, 2.75) is 13.0 Å². The number of fused-ring (bicyclic) bond motifs is 1. The van der Waals surface area contributed by atoms with Crippen molar-refractivity contribution in [2.24, 2.45) is 0 Å². The molecule has 0 bridgehead atoms. The van der Waals surface area contributed by atoms with Gasteiger partial charge in [-0.2, -0.15) is 0 Å². The molecule has 0 radical (unpaired) electrons. The lowest BCUT2D eigenvalue weighted by Gasteiger charge is -2.34. The monoisotopic (exact) mass is 364 g/mol. The van der Waals surface area contributed by atoms with Gasteiger partial charge < -0.3 is 14.0 Å². The van der Waals surface area contributed by atoms with Crippen LogP contribution in [0.15, 0.2) is 54.9 Å². The Morgan fingerprint density at radius 2 is 1.85 bits per heavy atom. The highest BCUT2D eigenvalue weighted by molar-refractivity contribution is 5.79. The second kappa shape index (κ2) is 7.80. The summed E-state index contributed by atoms with van der Waals surface area (Å²) in [6.45, 7) is 4.05. The number of hydrogen-bond acceptors (Lipinski definition) is 4. The third kappa shape index (κ3) is 3.95. The van der Waals surface area contributed by atoms with Crippen LogP contribution in [0.25, 0.3) is 5.65 Å². The highest BCUT2D eigenvalue weighted by atomic mass is 16.5. The largest absolute Gasteiger partial charge is 0.496 e. The second-order valence-corrected chi connectivity index (χ2v) is 6.84. The molecule has 6 heteroatoms. The van der Waals surface area contributed by atoms with Crippen LogP contribution in [0.1, 0.15) is 11.3 Å². The van der Waals surface area contributed by atoms with Crippen molar-refractivity contribution in [3.05, 3.63) is 66.1 Å². The van der Waals surface area contributed by atoms with Crippen LogP contribution in [0.5, 0.6) is 5.75 Å². The number of aromatic nitrogens is 2. The number of imidazole rings is 1. The average Bonchev–Trinajstić information content (AvgIpc) is 3.11. The Hall–Kier alpha value is -2.86. The maximum absolute atomic E-state index is 12.7. The van der Waals surface area contributed by atoms with Crippen molar-refractivity contribution in [2.75, 3.05) is 33.3 Å². The maximum Gasteiger partial charge on any atom is 0.227 e. The number of para-hydroxylation sites is 1. The molecule has 4 rings (SSSR count). The molecular weight excluding hydrogens is 340 g/mol. The number of ether oxygens (including phenoxy) is 1. The summed E-state index contributed by atoms with van der Waals surface area (Å²) in [5.74, 6) is 0.934.